The maximum absolute atomic E-state index is 7.26. The fourth-order valence-corrected chi connectivity index (χ4v) is 14.4. The van der Waals surface area contributed by atoms with Crippen molar-refractivity contribution in [3.05, 3.63) is 174 Å². The fraction of sp³-hybridized carbons (Fsp3) is 0.310. The van der Waals surface area contributed by atoms with E-state index in [0.29, 0.717) is 17.3 Å². The molecule has 13 rings (SSSR count). The molecule has 0 radical (unpaired) electrons. The Bertz CT molecular complexity index is 2900. The molecule has 2 nitrogen and oxygen atoms in total. The van der Waals surface area contributed by atoms with Gasteiger partial charge in [-0.2, -0.15) is 0 Å². The van der Waals surface area contributed by atoms with E-state index in [1.807, 2.05) is 0 Å². The van der Waals surface area contributed by atoms with Crippen LogP contribution in [0.15, 0.2) is 152 Å². The lowest BCUT2D eigenvalue weighted by Gasteiger charge is -2.77. The topological polar surface area (TPSA) is 12.5 Å². The van der Waals surface area contributed by atoms with Crippen LogP contribution in [0.1, 0.15) is 88.5 Å². The first-order valence-corrected chi connectivity index (χ1v) is 22.7. The lowest BCUT2D eigenvalue weighted by atomic mass is 9.26. The van der Waals surface area contributed by atoms with E-state index in [1.165, 1.54) is 99.5 Å². The van der Waals surface area contributed by atoms with Crippen molar-refractivity contribution in [3.63, 3.8) is 0 Å². The molecule has 6 aliphatic rings. The minimum atomic E-state index is 0.0300. The molecule has 2 bridgehead atoms. The van der Waals surface area contributed by atoms with E-state index < -0.39 is 0 Å². The molecule has 1 aliphatic heterocycles. The van der Waals surface area contributed by atoms with Gasteiger partial charge >= 0.3 is 0 Å². The Labute approximate surface area is 355 Å². The molecule has 6 unspecified atom stereocenters. The molecule has 0 N–H and O–H groups in total. The summed E-state index contributed by atoms with van der Waals surface area (Å²) in [6.07, 6.45) is 8.05. The van der Waals surface area contributed by atoms with Crippen molar-refractivity contribution < 1.29 is 4.74 Å². The van der Waals surface area contributed by atoms with Gasteiger partial charge in [0.2, 0.25) is 0 Å². The summed E-state index contributed by atoms with van der Waals surface area (Å²) in [5, 5.41) is 2.55. The summed E-state index contributed by atoms with van der Waals surface area (Å²) >= 11 is 0. The van der Waals surface area contributed by atoms with Gasteiger partial charge in [0.1, 0.15) is 5.75 Å². The average Bonchev–Trinajstić information content (AvgIpc) is 3.81. The predicted molar refractivity (Wildman–Crippen MR) is 247 cm³/mol. The van der Waals surface area contributed by atoms with Gasteiger partial charge in [-0.15, -0.1) is 0 Å². The minimum absolute atomic E-state index is 0.0300. The Morgan fingerprint density at radius 1 is 0.500 bits per heavy atom. The standard InChI is InChI=1S/C58H53NO/c1-55(2)28-29-56(3,4)49-34-45(26-27-46(49)55)59(44-24-22-39(23-25-44)38-16-18-40(19-17-38)42-21-20-37-10-5-6-11-41(37)32-42)50-14-9-13-48-54(50)60-51-15-8-7-12-47(51)58(48)52-31-36-30-43-33-53(58)57(43,52)35-36/h5-27,32,34,36,43,52-53H,28-31,33,35H2,1-4H3. The lowest BCUT2D eigenvalue weighted by molar-refractivity contribution is -0.235. The third kappa shape index (κ3) is 4.55. The van der Waals surface area contributed by atoms with Gasteiger partial charge in [-0.05, 0) is 165 Å². The van der Waals surface area contributed by atoms with Crippen molar-refractivity contribution in [1.82, 2.24) is 0 Å². The molecule has 4 saturated carbocycles. The molecular weight excluding hydrogens is 727 g/mol. The quantitative estimate of drug-likeness (QED) is 0.173. The van der Waals surface area contributed by atoms with Crippen LogP contribution in [0.2, 0.25) is 0 Å². The van der Waals surface area contributed by atoms with Crippen molar-refractivity contribution in [1.29, 1.82) is 0 Å². The van der Waals surface area contributed by atoms with Gasteiger partial charge in [-0.3, -0.25) is 0 Å². The van der Waals surface area contributed by atoms with E-state index >= 15 is 0 Å². The van der Waals surface area contributed by atoms with E-state index in [0.717, 1.165) is 34.7 Å². The van der Waals surface area contributed by atoms with Crippen LogP contribution in [0.4, 0.5) is 17.1 Å². The Kier molecular flexibility index (Phi) is 7.05. The third-order valence-electron chi connectivity index (χ3n) is 17.3. The van der Waals surface area contributed by atoms with E-state index in [1.54, 1.807) is 0 Å². The second-order valence-corrected chi connectivity index (χ2v) is 20.8. The summed E-state index contributed by atoms with van der Waals surface area (Å²) in [6, 6.07) is 57.3. The van der Waals surface area contributed by atoms with Crippen LogP contribution >= 0.6 is 0 Å². The van der Waals surface area contributed by atoms with Crippen molar-refractivity contribution in [2.75, 3.05) is 4.90 Å². The van der Waals surface area contributed by atoms with Crippen molar-refractivity contribution >= 4 is 27.8 Å². The fourth-order valence-electron chi connectivity index (χ4n) is 14.4. The molecule has 5 aliphatic carbocycles. The van der Waals surface area contributed by atoms with Crippen LogP contribution < -0.4 is 9.64 Å². The highest BCUT2D eigenvalue weighted by Crippen LogP contribution is 2.89. The average molecular weight is 780 g/mol. The van der Waals surface area contributed by atoms with Crippen LogP contribution in [-0.2, 0) is 16.2 Å². The zero-order valence-corrected chi connectivity index (χ0v) is 35.3. The van der Waals surface area contributed by atoms with Gasteiger partial charge in [0.15, 0.2) is 5.75 Å². The van der Waals surface area contributed by atoms with Crippen molar-refractivity contribution in [3.8, 4) is 33.8 Å². The highest BCUT2D eigenvalue weighted by atomic mass is 16.5. The Morgan fingerprint density at radius 2 is 1.13 bits per heavy atom. The second-order valence-electron chi connectivity index (χ2n) is 20.8. The van der Waals surface area contributed by atoms with Crippen LogP contribution in [0.5, 0.6) is 11.5 Å². The molecule has 6 atom stereocenters. The van der Waals surface area contributed by atoms with Gasteiger partial charge in [-0.25, -0.2) is 0 Å². The second kappa shape index (κ2) is 12.0. The number of nitrogens with zero attached hydrogens (tertiary/aromatic N) is 1. The van der Waals surface area contributed by atoms with Gasteiger partial charge in [0, 0.05) is 27.9 Å². The summed E-state index contributed by atoms with van der Waals surface area (Å²) in [7, 11) is 0. The van der Waals surface area contributed by atoms with Crippen LogP contribution in [0.3, 0.4) is 0 Å². The Morgan fingerprint density at radius 3 is 1.92 bits per heavy atom. The van der Waals surface area contributed by atoms with Crippen LogP contribution in [0, 0.1) is 29.1 Å². The van der Waals surface area contributed by atoms with E-state index in [2.05, 4.69) is 184 Å². The number of rotatable bonds is 5. The van der Waals surface area contributed by atoms with Crippen LogP contribution in [0.25, 0.3) is 33.0 Å². The molecule has 7 aromatic carbocycles. The van der Waals surface area contributed by atoms with Gasteiger partial charge in [0.05, 0.1) is 5.69 Å². The Hall–Kier alpha value is -5.60. The number of para-hydroxylation sites is 2. The summed E-state index contributed by atoms with van der Waals surface area (Å²) in [6.45, 7) is 9.74. The molecule has 2 spiro atoms. The minimum Gasteiger partial charge on any atom is -0.455 e. The zero-order valence-electron chi connectivity index (χ0n) is 35.3. The molecular formula is C58H53NO. The smallest absolute Gasteiger partial charge is 0.155 e. The number of benzene rings is 7. The number of hydrogen-bond acceptors (Lipinski definition) is 2. The van der Waals surface area contributed by atoms with Gasteiger partial charge in [-0.1, -0.05) is 137 Å². The molecule has 7 aromatic rings. The maximum Gasteiger partial charge on any atom is 0.155 e. The first-order valence-electron chi connectivity index (χ1n) is 22.7. The summed E-state index contributed by atoms with van der Waals surface area (Å²) in [5.74, 6) is 5.38. The largest absolute Gasteiger partial charge is 0.455 e. The molecule has 296 valence electrons. The first-order chi connectivity index (χ1) is 29.1. The van der Waals surface area contributed by atoms with Crippen LogP contribution in [-0.4, -0.2) is 0 Å². The summed E-state index contributed by atoms with van der Waals surface area (Å²) in [4.78, 5) is 2.52. The lowest BCUT2D eigenvalue weighted by Crippen LogP contribution is -2.74. The predicted octanol–water partition coefficient (Wildman–Crippen LogP) is 15.5. The molecule has 0 saturated heterocycles. The zero-order chi connectivity index (χ0) is 40.2. The number of anilines is 3. The highest BCUT2D eigenvalue weighted by Gasteiger charge is 2.84. The molecule has 2 heteroatoms. The molecule has 4 fully saturated rings. The number of hydrogen-bond donors (Lipinski definition) is 0. The molecule has 0 aromatic heterocycles. The molecule has 60 heavy (non-hydrogen) atoms. The Balaban J connectivity index is 0.939. The summed E-state index contributed by atoms with van der Waals surface area (Å²) < 4.78 is 7.26. The van der Waals surface area contributed by atoms with Gasteiger partial charge < -0.3 is 9.64 Å². The van der Waals surface area contributed by atoms with E-state index in [-0.39, 0.29) is 16.2 Å². The third-order valence-corrected chi connectivity index (χ3v) is 17.3. The maximum atomic E-state index is 7.26. The molecule has 0 amide bonds. The van der Waals surface area contributed by atoms with E-state index in [4.69, 9.17) is 4.74 Å². The number of ether oxygens (including phenoxy) is 1. The van der Waals surface area contributed by atoms with Gasteiger partial charge in [0.25, 0.3) is 0 Å². The first kappa shape index (κ1) is 35.2. The molecule has 1 heterocycles. The van der Waals surface area contributed by atoms with Crippen molar-refractivity contribution in [2.24, 2.45) is 29.1 Å². The van der Waals surface area contributed by atoms with Crippen molar-refractivity contribution in [2.45, 2.75) is 82.5 Å². The van der Waals surface area contributed by atoms with E-state index in [9.17, 15) is 0 Å². The SMILES string of the molecule is CC1(C)CCC(C)(C)c2cc(N(c3ccc(-c4ccc(-c5ccc6ccccc6c5)cc4)cc3)c3cccc4c3Oc3ccccc3C43C4CC5CC6CC3C64C5)ccc21. The normalized spacial score (nSPS) is 27.8. The summed E-state index contributed by atoms with van der Waals surface area (Å²) in [5.41, 5.74) is 15.1. The highest BCUT2D eigenvalue weighted by molar-refractivity contribution is 5.88. The number of fused-ring (bicyclic) bond motifs is 9. The monoisotopic (exact) mass is 779 g/mol.